The van der Waals surface area contributed by atoms with Crippen molar-refractivity contribution < 1.29 is 14.6 Å². The number of aliphatic hydroxyl groups is 1. The lowest BCUT2D eigenvalue weighted by molar-refractivity contribution is -0.128. The van der Waals surface area contributed by atoms with Crippen LogP contribution in [0.2, 0.25) is 0 Å². The molecule has 0 aliphatic heterocycles. The number of hydrogen-bond acceptors (Lipinski definition) is 3. The van der Waals surface area contributed by atoms with Gasteiger partial charge < -0.3 is 9.84 Å². The zero-order valence-electron chi connectivity index (χ0n) is 15.5. The van der Waals surface area contributed by atoms with E-state index in [0.717, 1.165) is 58.0 Å². The van der Waals surface area contributed by atoms with E-state index in [1.807, 2.05) is 13.8 Å². The van der Waals surface area contributed by atoms with Crippen LogP contribution in [0.4, 0.5) is 0 Å². The third-order valence-corrected chi connectivity index (χ3v) is 6.77. The molecule has 2 saturated carbocycles. The lowest BCUT2D eigenvalue weighted by Gasteiger charge is -2.36. The van der Waals surface area contributed by atoms with Gasteiger partial charge in [-0.15, -0.1) is 0 Å². The number of Topliss-reactive ketones (excluding diaryl/α,β-unsaturated/α-hetero) is 1. The normalized spacial score (nSPS) is 32.8. The van der Waals surface area contributed by atoms with E-state index in [1.165, 1.54) is 0 Å². The van der Waals surface area contributed by atoms with Crippen LogP contribution in [0.5, 0.6) is 0 Å². The highest BCUT2D eigenvalue weighted by molar-refractivity contribution is 5.82. The highest BCUT2D eigenvalue weighted by Crippen LogP contribution is 2.48. The molecule has 5 atom stereocenters. The smallest absolute Gasteiger partial charge is 0.136 e. The Hall–Kier alpha value is -0.410. The highest BCUT2D eigenvalue weighted by Gasteiger charge is 2.47. The molecule has 134 valence electrons. The maximum absolute atomic E-state index is 12.2. The lowest BCUT2D eigenvalue weighted by atomic mass is 9.70. The van der Waals surface area contributed by atoms with E-state index in [-0.39, 0.29) is 6.10 Å². The molecule has 0 amide bonds. The predicted octanol–water partition coefficient (Wildman–Crippen LogP) is 4.36. The van der Waals surface area contributed by atoms with Crippen LogP contribution in [0.25, 0.3) is 0 Å². The van der Waals surface area contributed by atoms with Crippen LogP contribution in [0, 0.1) is 23.7 Å². The van der Waals surface area contributed by atoms with Crippen molar-refractivity contribution in [3.63, 3.8) is 0 Å². The Morgan fingerprint density at radius 3 is 2.61 bits per heavy atom. The Bertz CT molecular complexity index is 388. The first-order chi connectivity index (χ1) is 10.9. The van der Waals surface area contributed by atoms with Gasteiger partial charge in [0.25, 0.3) is 0 Å². The average molecular weight is 325 g/mol. The lowest BCUT2D eigenvalue weighted by Crippen LogP contribution is -2.37. The van der Waals surface area contributed by atoms with Crippen LogP contribution >= 0.6 is 0 Å². The topological polar surface area (TPSA) is 46.5 Å². The van der Waals surface area contributed by atoms with E-state index >= 15 is 0 Å². The van der Waals surface area contributed by atoms with Crippen LogP contribution in [0.15, 0.2) is 0 Å². The quantitative estimate of drug-likeness (QED) is 0.675. The van der Waals surface area contributed by atoms with Crippen molar-refractivity contribution in [1.29, 1.82) is 0 Å². The number of carbonyl (C=O) groups excluding carboxylic acids is 1. The second kappa shape index (κ2) is 8.11. The third-order valence-electron chi connectivity index (χ3n) is 6.77. The molecular weight excluding hydrogens is 288 g/mol. The van der Waals surface area contributed by atoms with Gasteiger partial charge in [0.05, 0.1) is 11.7 Å². The van der Waals surface area contributed by atoms with E-state index < -0.39 is 5.60 Å². The summed E-state index contributed by atoms with van der Waals surface area (Å²) >= 11 is 0. The number of fused-ring (bicyclic) bond motifs is 1. The average Bonchev–Trinajstić information content (AvgIpc) is 3.01. The van der Waals surface area contributed by atoms with Crippen molar-refractivity contribution in [1.82, 2.24) is 0 Å². The van der Waals surface area contributed by atoms with Gasteiger partial charge in [0.1, 0.15) is 5.78 Å². The Kier molecular flexibility index (Phi) is 6.67. The largest absolute Gasteiger partial charge is 0.390 e. The van der Waals surface area contributed by atoms with Crippen LogP contribution in [0.1, 0.15) is 79.1 Å². The zero-order valence-corrected chi connectivity index (χ0v) is 15.5. The molecule has 3 nitrogen and oxygen atoms in total. The summed E-state index contributed by atoms with van der Waals surface area (Å²) in [5.41, 5.74) is -0.518. The van der Waals surface area contributed by atoms with Crippen LogP contribution in [-0.4, -0.2) is 29.2 Å². The van der Waals surface area contributed by atoms with Crippen LogP contribution in [0.3, 0.4) is 0 Å². The minimum atomic E-state index is -0.518. The van der Waals surface area contributed by atoms with E-state index in [4.69, 9.17) is 4.74 Å². The van der Waals surface area contributed by atoms with Gasteiger partial charge in [0, 0.05) is 18.9 Å². The Labute approximate surface area is 142 Å². The van der Waals surface area contributed by atoms with Crippen molar-refractivity contribution in [2.24, 2.45) is 23.7 Å². The van der Waals surface area contributed by atoms with E-state index in [9.17, 15) is 9.90 Å². The number of carbonyl (C=O) groups is 1. The van der Waals surface area contributed by atoms with Crippen LogP contribution in [-0.2, 0) is 9.53 Å². The highest BCUT2D eigenvalue weighted by atomic mass is 16.5. The molecular formula is C20H36O3. The zero-order chi connectivity index (χ0) is 17.0. The molecule has 0 spiro atoms. The van der Waals surface area contributed by atoms with Crippen molar-refractivity contribution in [2.75, 3.05) is 6.61 Å². The fraction of sp³-hybridized carbons (Fsp3) is 0.950. The molecule has 2 rings (SSSR count). The summed E-state index contributed by atoms with van der Waals surface area (Å²) in [6.07, 6.45) is 7.64. The fourth-order valence-electron chi connectivity index (χ4n) is 4.94. The summed E-state index contributed by atoms with van der Waals surface area (Å²) in [4.78, 5) is 12.2. The maximum Gasteiger partial charge on any atom is 0.136 e. The van der Waals surface area contributed by atoms with E-state index in [0.29, 0.717) is 29.5 Å². The number of rotatable bonds is 8. The summed E-state index contributed by atoms with van der Waals surface area (Å²) in [5.74, 6) is 2.53. The molecule has 0 saturated heterocycles. The molecule has 3 heteroatoms. The number of ether oxygens (including phenoxy) is 1. The van der Waals surface area contributed by atoms with Gasteiger partial charge in [0.15, 0.2) is 0 Å². The summed E-state index contributed by atoms with van der Waals surface area (Å²) in [6, 6.07) is 0. The van der Waals surface area contributed by atoms with Crippen LogP contribution < -0.4 is 0 Å². The van der Waals surface area contributed by atoms with E-state index in [1.54, 1.807) is 0 Å². The van der Waals surface area contributed by atoms with Gasteiger partial charge in [-0.2, -0.15) is 0 Å². The van der Waals surface area contributed by atoms with Gasteiger partial charge >= 0.3 is 0 Å². The third kappa shape index (κ3) is 4.36. The van der Waals surface area contributed by atoms with Gasteiger partial charge in [-0.1, -0.05) is 20.8 Å². The van der Waals surface area contributed by atoms with Crippen molar-refractivity contribution in [2.45, 2.75) is 90.8 Å². The second-order valence-electron chi connectivity index (χ2n) is 8.02. The Morgan fingerprint density at radius 1 is 1.26 bits per heavy atom. The summed E-state index contributed by atoms with van der Waals surface area (Å²) in [7, 11) is 0. The first kappa shape index (κ1) is 18.9. The standard InChI is InChI=1S/C20H36O3/c1-5-20(22,6-2)12-7-13-23-15(4)16-9-10-17-18(21)11-8-14(3)19(16)17/h14-17,19,22H,5-13H2,1-4H3/t14-,15?,16?,17?,19?/m1/s1. The van der Waals surface area contributed by atoms with Gasteiger partial charge in [-0.05, 0) is 69.6 Å². The molecule has 0 heterocycles. The van der Waals surface area contributed by atoms with Crippen molar-refractivity contribution >= 4 is 5.78 Å². The molecule has 0 aromatic heterocycles. The first-order valence-corrected chi connectivity index (χ1v) is 9.78. The molecule has 1 N–H and O–H groups in total. The minimum Gasteiger partial charge on any atom is -0.390 e. The number of hydrogen-bond donors (Lipinski definition) is 1. The van der Waals surface area contributed by atoms with Gasteiger partial charge in [0.2, 0.25) is 0 Å². The second-order valence-corrected chi connectivity index (χ2v) is 8.02. The predicted molar refractivity (Wildman–Crippen MR) is 93.3 cm³/mol. The molecule has 2 aliphatic rings. The maximum atomic E-state index is 12.2. The van der Waals surface area contributed by atoms with Crippen molar-refractivity contribution in [3.8, 4) is 0 Å². The molecule has 0 bridgehead atoms. The van der Waals surface area contributed by atoms with Crippen molar-refractivity contribution in [3.05, 3.63) is 0 Å². The van der Waals surface area contributed by atoms with Gasteiger partial charge in [-0.25, -0.2) is 0 Å². The monoisotopic (exact) mass is 324 g/mol. The number of ketones is 1. The summed E-state index contributed by atoms with van der Waals surface area (Å²) < 4.78 is 6.12. The minimum absolute atomic E-state index is 0.231. The Morgan fingerprint density at radius 2 is 1.96 bits per heavy atom. The fourth-order valence-corrected chi connectivity index (χ4v) is 4.94. The molecule has 23 heavy (non-hydrogen) atoms. The molecule has 0 aromatic carbocycles. The van der Waals surface area contributed by atoms with E-state index in [2.05, 4.69) is 13.8 Å². The molecule has 0 aromatic rings. The molecule has 2 fully saturated rings. The molecule has 0 radical (unpaired) electrons. The summed E-state index contributed by atoms with van der Waals surface area (Å²) in [6.45, 7) is 9.32. The first-order valence-electron chi connectivity index (χ1n) is 9.78. The molecule has 4 unspecified atom stereocenters. The van der Waals surface area contributed by atoms with Gasteiger partial charge in [-0.3, -0.25) is 4.79 Å². The Balaban J connectivity index is 1.80. The summed E-state index contributed by atoms with van der Waals surface area (Å²) in [5, 5.41) is 10.3. The molecule has 2 aliphatic carbocycles. The SMILES string of the molecule is CCC(O)(CC)CCCOC(C)C1CCC2C(=O)CC[C@@H](C)C21.